The lowest BCUT2D eigenvalue weighted by atomic mass is 9.98. The topological polar surface area (TPSA) is 56.2 Å². The molecule has 1 aliphatic rings. The van der Waals surface area contributed by atoms with Gasteiger partial charge in [-0.3, -0.25) is 4.57 Å². The summed E-state index contributed by atoms with van der Waals surface area (Å²) in [6.45, 7) is 5.40. The van der Waals surface area contributed by atoms with Crippen molar-refractivity contribution in [1.29, 1.82) is 0 Å². The van der Waals surface area contributed by atoms with Gasteiger partial charge in [0, 0.05) is 37.5 Å². The fourth-order valence-corrected chi connectivity index (χ4v) is 2.32. The van der Waals surface area contributed by atoms with Gasteiger partial charge >= 0.3 is 5.69 Å². The average Bonchev–Trinajstić information content (AvgIpc) is 2.90. The molecule has 5 heteroatoms. The Morgan fingerprint density at radius 3 is 3.22 bits per heavy atom. The monoisotopic (exact) mass is 251 g/mol. The fraction of sp³-hybridized carbons (Fsp3) is 0.692. The molecule has 1 N–H and O–H groups in total. The molecule has 2 unspecified atom stereocenters. The van der Waals surface area contributed by atoms with Crippen molar-refractivity contribution in [3.63, 3.8) is 0 Å². The minimum atomic E-state index is -0.181. The Bertz CT molecular complexity index is 413. The minimum absolute atomic E-state index is 0.181. The first kappa shape index (κ1) is 13.2. The van der Waals surface area contributed by atoms with Crippen molar-refractivity contribution in [3.05, 3.63) is 28.9 Å². The molecular weight excluding hydrogens is 230 g/mol. The second kappa shape index (κ2) is 6.66. The summed E-state index contributed by atoms with van der Waals surface area (Å²) >= 11 is 0. The summed E-state index contributed by atoms with van der Waals surface area (Å²) in [6, 6.07) is 2.08. The van der Waals surface area contributed by atoms with Crippen molar-refractivity contribution >= 4 is 0 Å². The lowest BCUT2D eigenvalue weighted by Crippen LogP contribution is -2.42. The van der Waals surface area contributed by atoms with Crippen LogP contribution in [0.5, 0.6) is 0 Å². The molecule has 0 amide bonds. The van der Waals surface area contributed by atoms with Crippen LogP contribution in [0.25, 0.3) is 0 Å². The summed E-state index contributed by atoms with van der Waals surface area (Å²) in [5.41, 5.74) is -0.181. The number of ether oxygens (including phenoxy) is 1. The summed E-state index contributed by atoms with van der Waals surface area (Å²) < 4.78 is 7.12. The van der Waals surface area contributed by atoms with Crippen molar-refractivity contribution in [2.75, 3.05) is 19.8 Å². The third-order valence-corrected chi connectivity index (χ3v) is 3.37. The van der Waals surface area contributed by atoms with E-state index in [1.54, 1.807) is 16.8 Å². The van der Waals surface area contributed by atoms with Gasteiger partial charge in [0.2, 0.25) is 0 Å². The minimum Gasteiger partial charge on any atom is -0.381 e. The predicted molar refractivity (Wildman–Crippen MR) is 69.5 cm³/mol. The van der Waals surface area contributed by atoms with Crippen LogP contribution in [0.1, 0.15) is 19.8 Å². The van der Waals surface area contributed by atoms with Crippen molar-refractivity contribution in [2.45, 2.75) is 32.4 Å². The molecule has 0 spiro atoms. The number of hydrogen-bond acceptors (Lipinski definition) is 4. The van der Waals surface area contributed by atoms with E-state index < -0.39 is 0 Å². The Kier molecular flexibility index (Phi) is 4.90. The van der Waals surface area contributed by atoms with Crippen LogP contribution in [-0.4, -0.2) is 35.4 Å². The molecule has 5 nitrogen and oxygen atoms in total. The zero-order valence-electron chi connectivity index (χ0n) is 10.8. The highest BCUT2D eigenvalue weighted by molar-refractivity contribution is 4.85. The zero-order chi connectivity index (χ0) is 12.8. The van der Waals surface area contributed by atoms with Crippen LogP contribution < -0.4 is 11.0 Å². The highest BCUT2D eigenvalue weighted by atomic mass is 16.5. The van der Waals surface area contributed by atoms with E-state index in [-0.39, 0.29) is 11.7 Å². The molecule has 2 atom stereocenters. The van der Waals surface area contributed by atoms with Gasteiger partial charge in [-0.25, -0.2) is 9.78 Å². The molecule has 0 bridgehead atoms. The van der Waals surface area contributed by atoms with Gasteiger partial charge in [-0.2, -0.15) is 0 Å². The van der Waals surface area contributed by atoms with E-state index >= 15 is 0 Å². The molecule has 0 aromatic carbocycles. The van der Waals surface area contributed by atoms with Crippen molar-refractivity contribution in [3.8, 4) is 0 Å². The van der Waals surface area contributed by atoms with E-state index in [0.29, 0.717) is 12.5 Å². The van der Waals surface area contributed by atoms with Gasteiger partial charge in [-0.05, 0) is 25.5 Å². The van der Waals surface area contributed by atoms with Crippen LogP contribution >= 0.6 is 0 Å². The number of nitrogens with one attached hydrogen (secondary N) is 1. The van der Waals surface area contributed by atoms with Gasteiger partial charge < -0.3 is 10.1 Å². The van der Waals surface area contributed by atoms with Crippen LogP contribution in [0.2, 0.25) is 0 Å². The molecule has 0 saturated carbocycles. The van der Waals surface area contributed by atoms with Gasteiger partial charge in [-0.1, -0.05) is 6.92 Å². The number of nitrogens with zero attached hydrogens (tertiary/aromatic N) is 2. The normalized spacial score (nSPS) is 21.1. The molecule has 1 aromatic rings. The van der Waals surface area contributed by atoms with E-state index in [1.165, 1.54) is 6.20 Å². The van der Waals surface area contributed by atoms with Gasteiger partial charge in [0.15, 0.2) is 0 Å². The summed E-state index contributed by atoms with van der Waals surface area (Å²) in [4.78, 5) is 15.4. The highest BCUT2D eigenvalue weighted by Gasteiger charge is 2.25. The van der Waals surface area contributed by atoms with E-state index in [9.17, 15) is 4.79 Å². The van der Waals surface area contributed by atoms with Crippen LogP contribution in [-0.2, 0) is 11.3 Å². The highest BCUT2D eigenvalue weighted by Crippen LogP contribution is 2.17. The summed E-state index contributed by atoms with van der Waals surface area (Å²) in [5, 5.41) is 3.52. The largest absolute Gasteiger partial charge is 0.381 e. The van der Waals surface area contributed by atoms with Crippen molar-refractivity contribution < 1.29 is 4.74 Å². The average molecular weight is 251 g/mol. The first-order valence-electron chi connectivity index (χ1n) is 6.64. The van der Waals surface area contributed by atoms with Gasteiger partial charge in [0.1, 0.15) is 0 Å². The molecule has 1 fully saturated rings. The quantitative estimate of drug-likeness (QED) is 0.806. The zero-order valence-corrected chi connectivity index (χ0v) is 10.8. The molecule has 1 saturated heterocycles. The molecule has 1 aliphatic heterocycles. The molecule has 0 aliphatic carbocycles. The number of aromatic nitrogens is 2. The first-order valence-corrected chi connectivity index (χ1v) is 6.64. The number of rotatable bonds is 6. The lowest BCUT2D eigenvalue weighted by Gasteiger charge is -2.24. The van der Waals surface area contributed by atoms with Crippen LogP contribution in [0.3, 0.4) is 0 Å². The van der Waals surface area contributed by atoms with Crippen molar-refractivity contribution in [2.24, 2.45) is 5.92 Å². The first-order chi connectivity index (χ1) is 8.81. The third-order valence-electron chi connectivity index (χ3n) is 3.37. The molecule has 0 radical (unpaired) electrons. The SMILES string of the molecule is CCCNC(Cn1cccnc1=O)C1CCOC1. The van der Waals surface area contributed by atoms with Gasteiger partial charge in [0.05, 0.1) is 6.61 Å². The molecule has 100 valence electrons. The lowest BCUT2D eigenvalue weighted by molar-refractivity contribution is 0.173. The van der Waals surface area contributed by atoms with E-state index in [0.717, 1.165) is 32.6 Å². The fourth-order valence-electron chi connectivity index (χ4n) is 2.32. The molecule has 2 heterocycles. The maximum absolute atomic E-state index is 11.6. The smallest absolute Gasteiger partial charge is 0.347 e. The third kappa shape index (κ3) is 3.40. The van der Waals surface area contributed by atoms with E-state index in [2.05, 4.69) is 17.2 Å². The van der Waals surface area contributed by atoms with E-state index in [4.69, 9.17) is 4.74 Å². The standard InChI is InChI=1S/C13H21N3O2/c1-2-5-14-12(11-4-8-18-10-11)9-16-7-3-6-15-13(16)17/h3,6-7,11-12,14H,2,4-5,8-10H2,1H3. The van der Waals surface area contributed by atoms with Crippen LogP contribution in [0.15, 0.2) is 23.3 Å². The van der Waals surface area contributed by atoms with Gasteiger partial charge in [0.25, 0.3) is 0 Å². The number of hydrogen-bond donors (Lipinski definition) is 1. The molecule has 2 rings (SSSR count). The Morgan fingerprint density at radius 1 is 1.67 bits per heavy atom. The summed E-state index contributed by atoms with van der Waals surface area (Å²) in [6.07, 6.45) is 5.49. The Morgan fingerprint density at radius 2 is 2.56 bits per heavy atom. The Balaban J connectivity index is 2.04. The second-order valence-electron chi connectivity index (χ2n) is 4.74. The van der Waals surface area contributed by atoms with Gasteiger partial charge in [-0.15, -0.1) is 0 Å². The Labute approximate surface area is 107 Å². The Hall–Kier alpha value is -1.20. The van der Waals surface area contributed by atoms with E-state index in [1.807, 2.05) is 0 Å². The predicted octanol–water partition coefficient (Wildman–Crippen LogP) is 0.648. The maximum atomic E-state index is 11.6. The molecule has 18 heavy (non-hydrogen) atoms. The molecular formula is C13H21N3O2. The summed E-state index contributed by atoms with van der Waals surface area (Å²) in [7, 11) is 0. The maximum Gasteiger partial charge on any atom is 0.347 e. The second-order valence-corrected chi connectivity index (χ2v) is 4.74. The van der Waals surface area contributed by atoms with Crippen molar-refractivity contribution in [1.82, 2.24) is 14.9 Å². The summed E-state index contributed by atoms with van der Waals surface area (Å²) in [5.74, 6) is 0.489. The van der Waals surface area contributed by atoms with Crippen LogP contribution in [0.4, 0.5) is 0 Å². The molecule has 1 aromatic heterocycles. The van der Waals surface area contributed by atoms with Crippen LogP contribution in [0, 0.1) is 5.92 Å².